The van der Waals surface area contributed by atoms with Gasteiger partial charge in [0.25, 0.3) is 6.43 Å². The fourth-order valence-corrected chi connectivity index (χ4v) is 2.46. The monoisotopic (exact) mass is 368 g/mol. The molecular formula is C19H19F3O4. The molecule has 2 aromatic rings. The van der Waals surface area contributed by atoms with Crippen molar-refractivity contribution in [2.75, 3.05) is 7.11 Å². The number of ether oxygens (including phenoxy) is 3. The Bertz CT molecular complexity index is 791. The molecular weight excluding hydrogens is 349 g/mol. The number of alkyl halides is 2. The van der Waals surface area contributed by atoms with Crippen molar-refractivity contribution in [3.8, 4) is 11.5 Å². The Morgan fingerprint density at radius 2 is 1.92 bits per heavy atom. The summed E-state index contributed by atoms with van der Waals surface area (Å²) in [4.78, 5) is 11.4. The van der Waals surface area contributed by atoms with Gasteiger partial charge in [-0.05, 0) is 36.6 Å². The fourth-order valence-electron chi connectivity index (χ4n) is 2.46. The van der Waals surface area contributed by atoms with Crippen LogP contribution < -0.4 is 9.47 Å². The van der Waals surface area contributed by atoms with Gasteiger partial charge in [0, 0.05) is 11.6 Å². The van der Waals surface area contributed by atoms with E-state index in [0.29, 0.717) is 12.0 Å². The minimum absolute atomic E-state index is 0.108. The maximum absolute atomic E-state index is 13.8. The van der Waals surface area contributed by atoms with Crippen LogP contribution in [0.3, 0.4) is 0 Å². The van der Waals surface area contributed by atoms with E-state index in [-0.39, 0.29) is 23.7 Å². The molecule has 2 rings (SSSR count). The van der Waals surface area contributed by atoms with Gasteiger partial charge in [0.1, 0.15) is 23.9 Å². The van der Waals surface area contributed by atoms with E-state index in [1.807, 2.05) is 6.92 Å². The highest BCUT2D eigenvalue weighted by Gasteiger charge is 2.19. The zero-order valence-electron chi connectivity index (χ0n) is 14.6. The van der Waals surface area contributed by atoms with Crippen LogP contribution in [-0.4, -0.2) is 13.3 Å². The molecule has 0 aliphatic rings. The highest BCUT2D eigenvalue weighted by molar-refractivity contribution is 5.64. The normalized spacial score (nSPS) is 10.7. The number of hydrogen-bond acceptors (Lipinski definition) is 4. The second-order valence-electron chi connectivity index (χ2n) is 5.53. The topological polar surface area (TPSA) is 44.8 Å². The first-order chi connectivity index (χ1) is 12.4. The lowest BCUT2D eigenvalue weighted by Crippen LogP contribution is -2.11. The van der Waals surface area contributed by atoms with Crippen LogP contribution in [0.15, 0.2) is 30.3 Å². The number of rotatable bonds is 6. The highest BCUT2D eigenvalue weighted by Crippen LogP contribution is 2.33. The fraction of sp³-hybridized carbons (Fsp3) is 0.316. The Morgan fingerprint density at radius 1 is 1.19 bits per heavy atom. The predicted molar refractivity (Wildman–Crippen MR) is 89.3 cm³/mol. The third kappa shape index (κ3) is 4.47. The number of halogens is 3. The van der Waals surface area contributed by atoms with Crippen LogP contribution in [0.25, 0.3) is 0 Å². The van der Waals surface area contributed by atoms with Gasteiger partial charge in [-0.2, -0.15) is 0 Å². The Kier molecular flexibility index (Phi) is 6.49. The summed E-state index contributed by atoms with van der Waals surface area (Å²) >= 11 is 0. The van der Waals surface area contributed by atoms with Crippen LogP contribution in [0.5, 0.6) is 11.5 Å². The summed E-state index contributed by atoms with van der Waals surface area (Å²) in [5.74, 6) is -0.695. The number of carbonyl (C=O) groups excluding carboxylic acids is 1. The van der Waals surface area contributed by atoms with Crippen molar-refractivity contribution < 1.29 is 32.2 Å². The molecule has 7 heteroatoms. The number of benzene rings is 2. The smallest absolute Gasteiger partial charge is 0.488 e. The lowest BCUT2D eigenvalue weighted by molar-refractivity contribution is 0.120. The third-order valence-electron chi connectivity index (χ3n) is 3.87. The lowest BCUT2D eigenvalue weighted by atomic mass is 10.0. The van der Waals surface area contributed by atoms with E-state index >= 15 is 0 Å². The van der Waals surface area contributed by atoms with Crippen LogP contribution in [-0.2, 0) is 17.8 Å². The van der Waals surface area contributed by atoms with Gasteiger partial charge in [-0.3, -0.25) is 0 Å². The minimum Gasteiger partial charge on any atom is -0.488 e. The molecule has 0 unspecified atom stereocenters. The van der Waals surface area contributed by atoms with Gasteiger partial charge in [0.2, 0.25) is 0 Å². The summed E-state index contributed by atoms with van der Waals surface area (Å²) in [5.41, 5.74) is 1.02. The molecule has 0 fully saturated rings. The molecule has 0 aliphatic heterocycles. The number of carbonyl (C=O) groups is 1. The molecule has 0 aromatic heterocycles. The van der Waals surface area contributed by atoms with Crippen molar-refractivity contribution in [3.63, 3.8) is 0 Å². The van der Waals surface area contributed by atoms with Crippen LogP contribution in [0, 0.1) is 12.7 Å². The molecule has 0 amide bonds. The van der Waals surface area contributed by atoms with Gasteiger partial charge < -0.3 is 14.2 Å². The standard InChI is InChI=1S/C19H19F3O4/c1-4-12-6-5-7-16(26-19(23)24-3)14(12)10-25-17-9-15(20)11(2)8-13(17)18(21)22/h5-9,18H,4,10H2,1-3H3. The molecule has 0 saturated carbocycles. The van der Waals surface area contributed by atoms with Gasteiger partial charge in [0.05, 0.1) is 12.7 Å². The number of hydrogen-bond donors (Lipinski definition) is 0. The first-order valence-corrected chi connectivity index (χ1v) is 7.94. The van der Waals surface area contributed by atoms with Crippen molar-refractivity contribution in [2.24, 2.45) is 0 Å². The van der Waals surface area contributed by atoms with Crippen molar-refractivity contribution in [3.05, 3.63) is 58.4 Å². The Labute approximate surface area is 149 Å². The molecule has 26 heavy (non-hydrogen) atoms. The molecule has 0 heterocycles. The molecule has 0 saturated heterocycles. The molecule has 4 nitrogen and oxygen atoms in total. The minimum atomic E-state index is -2.81. The summed E-state index contributed by atoms with van der Waals surface area (Å²) in [6.07, 6.45) is -3.12. The average Bonchev–Trinajstić information content (AvgIpc) is 2.62. The van der Waals surface area contributed by atoms with E-state index in [4.69, 9.17) is 9.47 Å². The van der Waals surface area contributed by atoms with Gasteiger partial charge >= 0.3 is 6.16 Å². The predicted octanol–water partition coefficient (Wildman–Crippen LogP) is 5.36. The van der Waals surface area contributed by atoms with Crippen molar-refractivity contribution in [1.82, 2.24) is 0 Å². The van der Waals surface area contributed by atoms with E-state index in [2.05, 4.69) is 4.74 Å². The lowest BCUT2D eigenvalue weighted by Gasteiger charge is -2.16. The molecule has 0 radical (unpaired) electrons. The maximum atomic E-state index is 13.8. The van der Waals surface area contributed by atoms with Gasteiger partial charge in [-0.25, -0.2) is 18.0 Å². The van der Waals surface area contributed by atoms with Crippen LogP contribution >= 0.6 is 0 Å². The molecule has 0 N–H and O–H groups in total. The van der Waals surface area contributed by atoms with Crippen LogP contribution in [0.4, 0.5) is 18.0 Å². The van der Waals surface area contributed by atoms with Crippen molar-refractivity contribution in [1.29, 1.82) is 0 Å². The van der Waals surface area contributed by atoms with E-state index in [9.17, 15) is 18.0 Å². The summed E-state index contributed by atoms with van der Waals surface area (Å²) in [6.45, 7) is 3.12. The molecule has 0 bridgehead atoms. The second-order valence-corrected chi connectivity index (χ2v) is 5.53. The van der Waals surface area contributed by atoms with E-state index < -0.39 is 24.0 Å². The molecule has 0 spiro atoms. The van der Waals surface area contributed by atoms with Crippen molar-refractivity contribution >= 4 is 6.16 Å². The first-order valence-electron chi connectivity index (χ1n) is 7.94. The van der Waals surface area contributed by atoms with E-state index in [0.717, 1.165) is 17.7 Å². The second kappa shape index (κ2) is 8.60. The highest BCUT2D eigenvalue weighted by atomic mass is 19.3. The molecule has 0 aliphatic carbocycles. The maximum Gasteiger partial charge on any atom is 0.513 e. The van der Waals surface area contributed by atoms with Gasteiger partial charge in [-0.1, -0.05) is 19.1 Å². The van der Waals surface area contributed by atoms with Crippen LogP contribution in [0.2, 0.25) is 0 Å². The Morgan fingerprint density at radius 3 is 2.54 bits per heavy atom. The number of aryl methyl sites for hydroxylation is 2. The molecule has 140 valence electrons. The number of methoxy groups -OCH3 is 1. The van der Waals surface area contributed by atoms with E-state index in [1.165, 1.54) is 14.0 Å². The zero-order chi connectivity index (χ0) is 19.3. The SMILES string of the molecule is CCc1cccc(OC(=O)OC)c1COc1cc(F)c(C)cc1C(F)F. The van der Waals surface area contributed by atoms with Gasteiger partial charge in [-0.15, -0.1) is 0 Å². The Hall–Kier alpha value is -2.70. The molecule has 0 atom stereocenters. The summed E-state index contributed by atoms with van der Waals surface area (Å²) in [5, 5.41) is 0. The first kappa shape index (κ1) is 19.6. The quantitative estimate of drug-likeness (QED) is 0.509. The average molecular weight is 368 g/mol. The van der Waals surface area contributed by atoms with Crippen LogP contribution in [0.1, 0.15) is 35.6 Å². The molecule has 2 aromatic carbocycles. The van der Waals surface area contributed by atoms with E-state index in [1.54, 1.807) is 18.2 Å². The zero-order valence-corrected chi connectivity index (χ0v) is 14.6. The summed E-state index contributed by atoms with van der Waals surface area (Å²) in [7, 11) is 1.17. The Balaban J connectivity index is 2.35. The van der Waals surface area contributed by atoms with Crippen molar-refractivity contribution in [2.45, 2.75) is 33.3 Å². The third-order valence-corrected chi connectivity index (χ3v) is 3.87. The largest absolute Gasteiger partial charge is 0.513 e. The summed E-state index contributed by atoms with van der Waals surface area (Å²) < 4.78 is 55.2. The van der Waals surface area contributed by atoms with Gasteiger partial charge in [0.15, 0.2) is 0 Å². The summed E-state index contributed by atoms with van der Waals surface area (Å²) in [6, 6.07) is 7.03.